The quantitative estimate of drug-likeness (QED) is 0.335. The molecule has 0 saturated heterocycles. The van der Waals surface area contributed by atoms with E-state index in [9.17, 15) is 0 Å². The van der Waals surface area contributed by atoms with E-state index in [0.717, 1.165) is 32.5 Å². The topological polar surface area (TPSA) is 18.5 Å². The Labute approximate surface area is 114 Å². The van der Waals surface area contributed by atoms with E-state index < -0.39 is 0 Å². The number of unbranched alkanes of at least 4 members (excludes halogenated alkanes) is 2. The molecular formula is C16H34O2. The van der Waals surface area contributed by atoms with Crippen molar-refractivity contribution in [1.29, 1.82) is 0 Å². The van der Waals surface area contributed by atoms with Crippen LogP contribution in [0.4, 0.5) is 0 Å². The van der Waals surface area contributed by atoms with Gasteiger partial charge in [-0.15, -0.1) is 0 Å². The van der Waals surface area contributed by atoms with Crippen LogP contribution >= 0.6 is 0 Å². The zero-order valence-electron chi connectivity index (χ0n) is 13.0. The third-order valence-corrected chi connectivity index (χ3v) is 3.39. The molecular weight excluding hydrogens is 224 g/mol. The van der Waals surface area contributed by atoms with Gasteiger partial charge in [0, 0.05) is 6.61 Å². The van der Waals surface area contributed by atoms with E-state index in [1.54, 1.807) is 0 Å². The molecule has 0 aliphatic heterocycles. The van der Waals surface area contributed by atoms with Gasteiger partial charge in [0.05, 0.1) is 6.61 Å². The molecule has 2 nitrogen and oxygen atoms in total. The second kappa shape index (κ2) is 13.4. The lowest BCUT2D eigenvalue weighted by Gasteiger charge is -2.21. The Morgan fingerprint density at radius 3 is 2.06 bits per heavy atom. The molecule has 0 aromatic carbocycles. The molecule has 0 fully saturated rings. The van der Waals surface area contributed by atoms with Crippen molar-refractivity contribution >= 4 is 0 Å². The zero-order chi connectivity index (χ0) is 13.6. The Bertz CT molecular complexity index is 159. The van der Waals surface area contributed by atoms with Gasteiger partial charge in [-0.1, -0.05) is 59.8 Å². The van der Waals surface area contributed by atoms with Crippen LogP contribution in [0.15, 0.2) is 0 Å². The molecule has 0 amide bonds. The van der Waals surface area contributed by atoms with Crippen molar-refractivity contribution in [2.45, 2.75) is 85.4 Å². The van der Waals surface area contributed by atoms with E-state index in [4.69, 9.17) is 9.47 Å². The normalized spacial score (nSPS) is 14.7. The van der Waals surface area contributed by atoms with Crippen LogP contribution in [0.3, 0.4) is 0 Å². The molecule has 0 aliphatic carbocycles. The molecule has 18 heavy (non-hydrogen) atoms. The molecule has 0 radical (unpaired) electrons. The molecule has 0 N–H and O–H groups in total. The number of ether oxygens (including phenoxy) is 2. The van der Waals surface area contributed by atoms with Crippen LogP contribution in [0.1, 0.15) is 79.1 Å². The molecule has 2 heteroatoms. The highest BCUT2D eigenvalue weighted by Gasteiger charge is 2.12. The van der Waals surface area contributed by atoms with E-state index in [2.05, 4.69) is 27.7 Å². The number of rotatable bonds is 13. The molecule has 0 rings (SSSR count). The van der Waals surface area contributed by atoms with E-state index in [1.165, 1.54) is 32.1 Å². The van der Waals surface area contributed by atoms with Gasteiger partial charge in [0.1, 0.15) is 0 Å². The largest absolute Gasteiger partial charge is 0.353 e. The lowest BCUT2D eigenvalue weighted by molar-refractivity contribution is -0.154. The summed E-state index contributed by atoms with van der Waals surface area (Å²) in [5.74, 6) is 0.707. The number of hydrogen-bond acceptors (Lipinski definition) is 2. The van der Waals surface area contributed by atoms with Gasteiger partial charge in [0.15, 0.2) is 6.29 Å². The standard InChI is InChI=1S/C16H34O2/c1-5-9-12-15(8-4)14-18-16(11-7-3)17-13-10-6-2/h15-16H,5-14H2,1-4H3. The summed E-state index contributed by atoms with van der Waals surface area (Å²) in [4.78, 5) is 0. The van der Waals surface area contributed by atoms with Crippen molar-refractivity contribution in [3.63, 3.8) is 0 Å². The first-order valence-corrected chi connectivity index (χ1v) is 8.01. The molecule has 0 aromatic heterocycles. The molecule has 0 aromatic rings. The first-order chi connectivity index (χ1) is 8.78. The fraction of sp³-hybridized carbons (Fsp3) is 1.00. The summed E-state index contributed by atoms with van der Waals surface area (Å²) in [5, 5.41) is 0. The van der Waals surface area contributed by atoms with Crippen molar-refractivity contribution < 1.29 is 9.47 Å². The maximum absolute atomic E-state index is 5.96. The van der Waals surface area contributed by atoms with Crippen molar-refractivity contribution in [3.05, 3.63) is 0 Å². The smallest absolute Gasteiger partial charge is 0.157 e. The Kier molecular flexibility index (Phi) is 13.3. The highest BCUT2D eigenvalue weighted by Crippen LogP contribution is 2.15. The monoisotopic (exact) mass is 258 g/mol. The van der Waals surface area contributed by atoms with Gasteiger partial charge in [-0.05, 0) is 25.2 Å². The molecule has 0 bridgehead atoms. The van der Waals surface area contributed by atoms with Gasteiger partial charge in [0.25, 0.3) is 0 Å². The van der Waals surface area contributed by atoms with E-state index >= 15 is 0 Å². The minimum Gasteiger partial charge on any atom is -0.353 e. The first kappa shape index (κ1) is 17.9. The Balaban J connectivity index is 3.83. The maximum atomic E-state index is 5.96. The Morgan fingerprint density at radius 1 is 0.778 bits per heavy atom. The molecule has 0 heterocycles. The van der Waals surface area contributed by atoms with Crippen LogP contribution in [0.5, 0.6) is 0 Å². The maximum Gasteiger partial charge on any atom is 0.157 e. The summed E-state index contributed by atoms with van der Waals surface area (Å²) < 4.78 is 11.8. The van der Waals surface area contributed by atoms with Crippen molar-refractivity contribution in [1.82, 2.24) is 0 Å². The molecule has 0 saturated carbocycles. The van der Waals surface area contributed by atoms with Crippen molar-refractivity contribution in [2.75, 3.05) is 13.2 Å². The van der Waals surface area contributed by atoms with Crippen molar-refractivity contribution in [2.24, 2.45) is 5.92 Å². The second-order valence-corrected chi connectivity index (χ2v) is 5.19. The average Bonchev–Trinajstić information content (AvgIpc) is 2.39. The lowest BCUT2D eigenvalue weighted by Crippen LogP contribution is -2.21. The third-order valence-electron chi connectivity index (χ3n) is 3.39. The van der Waals surface area contributed by atoms with E-state index in [-0.39, 0.29) is 6.29 Å². The van der Waals surface area contributed by atoms with Crippen LogP contribution < -0.4 is 0 Å². The molecule has 0 aliphatic rings. The number of hydrogen-bond donors (Lipinski definition) is 0. The van der Waals surface area contributed by atoms with E-state index in [0.29, 0.717) is 5.92 Å². The van der Waals surface area contributed by atoms with Gasteiger partial charge in [-0.3, -0.25) is 0 Å². The van der Waals surface area contributed by atoms with Crippen molar-refractivity contribution in [3.8, 4) is 0 Å². The fourth-order valence-electron chi connectivity index (χ4n) is 1.95. The van der Waals surface area contributed by atoms with Gasteiger partial charge < -0.3 is 9.47 Å². The summed E-state index contributed by atoms with van der Waals surface area (Å²) in [6, 6.07) is 0. The van der Waals surface area contributed by atoms with Crippen LogP contribution in [0, 0.1) is 5.92 Å². The van der Waals surface area contributed by atoms with Gasteiger partial charge in [-0.2, -0.15) is 0 Å². The zero-order valence-corrected chi connectivity index (χ0v) is 13.0. The highest BCUT2D eigenvalue weighted by atomic mass is 16.7. The summed E-state index contributed by atoms with van der Waals surface area (Å²) in [6.07, 6.45) is 9.60. The van der Waals surface area contributed by atoms with Gasteiger partial charge in [-0.25, -0.2) is 0 Å². The molecule has 110 valence electrons. The first-order valence-electron chi connectivity index (χ1n) is 8.01. The summed E-state index contributed by atoms with van der Waals surface area (Å²) >= 11 is 0. The SMILES string of the molecule is CCCCOC(CCC)OCC(CC)CCCC. The predicted molar refractivity (Wildman–Crippen MR) is 78.8 cm³/mol. The Hall–Kier alpha value is -0.0800. The predicted octanol–water partition coefficient (Wildman–Crippen LogP) is 5.16. The molecule has 2 unspecified atom stereocenters. The lowest BCUT2D eigenvalue weighted by atomic mass is 10.0. The van der Waals surface area contributed by atoms with Crippen LogP contribution in [0.25, 0.3) is 0 Å². The minimum absolute atomic E-state index is 0.0252. The van der Waals surface area contributed by atoms with E-state index in [1.807, 2.05) is 0 Å². The molecule has 0 spiro atoms. The van der Waals surface area contributed by atoms with Crippen LogP contribution in [-0.4, -0.2) is 19.5 Å². The summed E-state index contributed by atoms with van der Waals surface area (Å²) in [7, 11) is 0. The second-order valence-electron chi connectivity index (χ2n) is 5.19. The average molecular weight is 258 g/mol. The summed E-state index contributed by atoms with van der Waals surface area (Å²) in [6.45, 7) is 10.6. The summed E-state index contributed by atoms with van der Waals surface area (Å²) in [5.41, 5.74) is 0. The third kappa shape index (κ3) is 9.90. The fourth-order valence-corrected chi connectivity index (χ4v) is 1.95. The Morgan fingerprint density at radius 2 is 1.50 bits per heavy atom. The minimum atomic E-state index is 0.0252. The molecule has 2 atom stereocenters. The van der Waals surface area contributed by atoms with Crippen LogP contribution in [-0.2, 0) is 9.47 Å². The van der Waals surface area contributed by atoms with Gasteiger partial charge >= 0.3 is 0 Å². The highest BCUT2D eigenvalue weighted by molar-refractivity contribution is 4.57. The van der Waals surface area contributed by atoms with Crippen LogP contribution in [0.2, 0.25) is 0 Å². The van der Waals surface area contributed by atoms with Gasteiger partial charge in [0.2, 0.25) is 0 Å².